The van der Waals surface area contributed by atoms with Crippen molar-refractivity contribution >= 4 is 17.8 Å². The number of aromatic nitrogens is 1. The molecule has 1 amide bonds. The van der Waals surface area contributed by atoms with Crippen LogP contribution in [0.25, 0.3) is 0 Å². The van der Waals surface area contributed by atoms with Crippen molar-refractivity contribution < 1.29 is 24.2 Å². The van der Waals surface area contributed by atoms with E-state index < -0.39 is 23.9 Å². The number of hydrogen-bond donors (Lipinski definition) is 2. The van der Waals surface area contributed by atoms with E-state index in [9.17, 15) is 14.4 Å². The van der Waals surface area contributed by atoms with Crippen LogP contribution < -0.4 is 5.32 Å². The second-order valence-corrected chi connectivity index (χ2v) is 4.40. The first-order valence-corrected chi connectivity index (χ1v) is 6.09. The molecule has 0 aliphatic carbocycles. The van der Waals surface area contributed by atoms with Crippen molar-refractivity contribution in [3.8, 4) is 0 Å². The van der Waals surface area contributed by atoms with Crippen LogP contribution in [0.4, 0.5) is 0 Å². The number of esters is 1. The van der Waals surface area contributed by atoms with E-state index in [1.807, 2.05) is 6.92 Å². The maximum Gasteiger partial charge on any atom is 0.326 e. The summed E-state index contributed by atoms with van der Waals surface area (Å²) >= 11 is 0. The molecule has 0 radical (unpaired) electrons. The van der Waals surface area contributed by atoms with Crippen molar-refractivity contribution in [3.05, 3.63) is 23.5 Å². The van der Waals surface area contributed by atoms with Crippen LogP contribution in [0, 0.1) is 6.92 Å². The zero-order chi connectivity index (χ0) is 15.3. The van der Waals surface area contributed by atoms with E-state index in [1.165, 1.54) is 7.11 Å². The molecule has 7 nitrogen and oxygen atoms in total. The lowest BCUT2D eigenvalue weighted by Gasteiger charge is -2.14. The van der Waals surface area contributed by atoms with Crippen LogP contribution in [-0.4, -0.2) is 40.7 Å². The SMILES string of the molecule is COC(=O)CC[C@H](NC(=O)c1ccc(C)n1C)C(=O)O. The van der Waals surface area contributed by atoms with E-state index in [-0.39, 0.29) is 12.8 Å². The largest absolute Gasteiger partial charge is 0.480 e. The van der Waals surface area contributed by atoms with Crippen molar-refractivity contribution in [3.63, 3.8) is 0 Å². The Kier molecular flexibility index (Phi) is 5.31. The zero-order valence-electron chi connectivity index (χ0n) is 11.7. The molecule has 0 bridgehead atoms. The van der Waals surface area contributed by atoms with E-state index >= 15 is 0 Å². The summed E-state index contributed by atoms with van der Waals surface area (Å²) < 4.78 is 6.10. The molecule has 1 atom stereocenters. The number of hydrogen-bond acceptors (Lipinski definition) is 4. The van der Waals surface area contributed by atoms with Gasteiger partial charge in [-0.15, -0.1) is 0 Å². The first kappa shape index (κ1) is 15.7. The number of nitrogens with one attached hydrogen (secondary N) is 1. The Bertz CT molecular complexity index is 521. The molecule has 0 fully saturated rings. The normalized spacial score (nSPS) is 11.8. The topological polar surface area (TPSA) is 97.6 Å². The Morgan fingerprint density at radius 1 is 1.40 bits per heavy atom. The van der Waals surface area contributed by atoms with Crippen LogP contribution in [0.3, 0.4) is 0 Å². The quantitative estimate of drug-likeness (QED) is 0.739. The molecule has 0 aliphatic heterocycles. The lowest BCUT2D eigenvalue weighted by molar-refractivity contribution is -0.142. The lowest BCUT2D eigenvalue weighted by atomic mass is 10.1. The number of rotatable bonds is 6. The predicted molar refractivity (Wildman–Crippen MR) is 70.3 cm³/mol. The number of methoxy groups -OCH3 is 1. The number of carboxylic acids is 1. The van der Waals surface area contributed by atoms with E-state index in [4.69, 9.17) is 5.11 Å². The Morgan fingerprint density at radius 3 is 2.50 bits per heavy atom. The van der Waals surface area contributed by atoms with Gasteiger partial charge in [0.05, 0.1) is 7.11 Å². The van der Waals surface area contributed by atoms with Gasteiger partial charge in [0.1, 0.15) is 11.7 Å². The fourth-order valence-electron chi connectivity index (χ4n) is 1.69. The van der Waals surface area contributed by atoms with Crippen molar-refractivity contribution in [2.24, 2.45) is 7.05 Å². The predicted octanol–water partition coefficient (Wildman–Crippen LogP) is 0.470. The Hall–Kier alpha value is -2.31. The summed E-state index contributed by atoms with van der Waals surface area (Å²) in [5, 5.41) is 11.5. The van der Waals surface area contributed by atoms with E-state index in [0.717, 1.165) is 5.69 Å². The van der Waals surface area contributed by atoms with Crippen LogP contribution in [0.15, 0.2) is 12.1 Å². The highest BCUT2D eigenvalue weighted by Gasteiger charge is 2.23. The lowest BCUT2D eigenvalue weighted by Crippen LogP contribution is -2.41. The maximum atomic E-state index is 12.0. The first-order valence-electron chi connectivity index (χ1n) is 6.09. The number of aryl methyl sites for hydroxylation is 1. The minimum atomic E-state index is -1.19. The van der Waals surface area contributed by atoms with Crippen molar-refractivity contribution in [1.29, 1.82) is 0 Å². The van der Waals surface area contributed by atoms with Gasteiger partial charge in [0.2, 0.25) is 0 Å². The average Bonchev–Trinajstić information content (AvgIpc) is 2.74. The Balaban J connectivity index is 2.71. The number of carbonyl (C=O) groups is 3. The summed E-state index contributed by atoms with van der Waals surface area (Å²) in [6.45, 7) is 1.84. The highest BCUT2D eigenvalue weighted by Crippen LogP contribution is 2.07. The van der Waals surface area contributed by atoms with E-state index in [0.29, 0.717) is 5.69 Å². The highest BCUT2D eigenvalue weighted by molar-refractivity contribution is 5.95. The van der Waals surface area contributed by atoms with Crippen LogP contribution in [0.2, 0.25) is 0 Å². The summed E-state index contributed by atoms with van der Waals surface area (Å²) in [6.07, 6.45) is -0.0862. The number of amides is 1. The third-order valence-corrected chi connectivity index (χ3v) is 3.07. The fraction of sp³-hybridized carbons (Fsp3) is 0.462. The number of aliphatic carboxylic acids is 1. The summed E-state index contributed by atoms with van der Waals surface area (Å²) in [5.41, 5.74) is 1.25. The molecule has 110 valence electrons. The summed E-state index contributed by atoms with van der Waals surface area (Å²) in [7, 11) is 2.94. The van der Waals surface area contributed by atoms with Crippen LogP contribution in [0.5, 0.6) is 0 Å². The standard InChI is InChI=1S/C13H18N2O5/c1-8-4-6-10(15(8)2)12(17)14-9(13(18)19)5-7-11(16)20-3/h4,6,9H,5,7H2,1-3H3,(H,14,17)(H,18,19)/t9-/m0/s1. The minimum Gasteiger partial charge on any atom is -0.480 e. The molecular weight excluding hydrogens is 264 g/mol. The maximum absolute atomic E-state index is 12.0. The van der Waals surface area contributed by atoms with Gasteiger partial charge in [-0.25, -0.2) is 4.79 Å². The van der Waals surface area contributed by atoms with Gasteiger partial charge in [-0.1, -0.05) is 0 Å². The number of nitrogens with zero attached hydrogens (tertiary/aromatic N) is 1. The van der Waals surface area contributed by atoms with Crippen LogP contribution in [-0.2, 0) is 21.4 Å². The number of carbonyl (C=O) groups excluding carboxylic acids is 2. The van der Waals surface area contributed by atoms with E-state index in [1.54, 1.807) is 23.7 Å². The van der Waals surface area contributed by atoms with E-state index in [2.05, 4.69) is 10.1 Å². The number of carboxylic acid groups (broad SMARTS) is 1. The number of ether oxygens (including phenoxy) is 1. The summed E-state index contributed by atoms with van der Waals surface area (Å²) in [6, 6.07) is 2.25. The molecule has 1 aromatic rings. The van der Waals surface area contributed by atoms with Crippen molar-refractivity contribution in [2.75, 3.05) is 7.11 Å². The molecule has 0 saturated carbocycles. The Morgan fingerprint density at radius 2 is 2.05 bits per heavy atom. The molecule has 0 unspecified atom stereocenters. The molecule has 0 aliphatic rings. The molecule has 0 aromatic carbocycles. The second-order valence-electron chi connectivity index (χ2n) is 4.40. The highest BCUT2D eigenvalue weighted by atomic mass is 16.5. The first-order chi connectivity index (χ1) is 9.36. The van der Waals surface area contributed by atoms with Gasteiger partial charge in [0.15, 0.2) is 0 Å². The molecule has 0 saturated heterocycles. The van der Waals surface area contributed by atoms with Crippen molar-refractivity contribution in [1.82, 2.24) is 9.88 Å². The minimum absolute atomic E-state index is 0.0167. The van der Waals surface area contributed by atoms with Gasteiger partial charge in [-0.05, 0) is 25.5 Å². The monoisotopic (exact) mass is 282 g/mol. The van der Waals surface area contributed by atoms with Crippen LogP contribution in [0.1, 0.15) is 29.0 Å². The zero-order valence-corrected chi connectivity index (χ0v) is 11.7. The van der Waals surface area contributed by atoms with Gasteiger partial charge >= 0.3 is 11.9 Å². The van der Waals surface area contributed by atoms with Crippen molar-refractivity contribution in [2.45, 2.75) is 25.8 Å². The third kappa shape index (κ3) is 3.84. The third-order valence-electron chi connectivity index (χ3n) is 3.07. The Labute approximate surface area is 116 Å². The van der Waals surface area contributed by atoms with Gasteiger partial charge in [-0.2, -0.15) is 0 Å². The molecule has 0 spiro atoms. The molecule has 1 heterocycles. The smallest absolute Gasteiger partial charge is 0.326 e. The molecule has 20 heavy (non-hydrogen) atoms. The van der Waals surface area contributed by atoms with Gasteiger partial charge in [0, 0.05) is 19.2 Å². The van der Waals surface area contributed by atoms with Gasteiger partial charge < -0.3 is 19.7 Å². The molecule has 1 rings (SSSR count). The molecule has 7 heteroatoms. The fourth-order valence-corrected chi connectivity index (χ4v) is 1.69. The van der Waals surface area contributed by atoms with Gasteiger partial charge in [-0.3, -0.25) is 9.59 Å². The average molecular weight is 282 g/mol. The molecular formula is C13H18N2O5. The second kappa shape index (κ2) is 6.74. The van der Waals surface area contributed by atoms with Gasteiger partial charge in [0.25, 0.3) is 5.91 Å². The summed E-state index contributed by atoms with van der Waals surface area (Å²) in [4.78, 5) is 34.1. The molecule has 2 N–H and O–H groups in total. The van der Waals surface area contributed by atoms with Crippen LogP contribution >= 0.6 is 0 Å². The molecule has 1 aromatic heterocycles. The summed E-state index contributed by atoms with van der Waals surface area (Å²) in [5.74, 6) is -2.19.